The van der Waals surface area contributed by atoms with Crippen LogP contribution in [0.5, 0.6) is 5.75 Å². The summed E-state index contributed by atoms with van der Waals surface area (Å²) in [7, 11) is 1.77. The van der Waals surface area contributed by atoms with Gasteiger partial charge in [-0.2, -0.15) is 5.10 Å². The van der Waals surface area contributed by atoms with Crippen LogP contribution in [0.25, 0.3) is 0 Å². The highest BCUT2D eigenvalue weighted by Gasteiger charge is 2.31. The molecule has 176 valence electrons. The van der Waals surface area contributed by atoms with Crippen molar-refractivity contribution in [1.29, 1.82) is 0 Å². The fourth-order valence-corrected chi connectivity index (χ4v) is 3.54. The quantitative estimate of drug-likeness (QED) is 0.438. The molecule has 0 spiro atoms. The fraction of sp³-hybridized carbons (Fsp3) is 0.423. The monoisotopic (exact) mass is 451 g/mol. The highest BCUT2D eigenvalue weighted by molar-refractivity contribution is 5.79. The molecular formula is C26H33N3O4. The molecule has 7 nitrogen and oxygen atoms in total. The lowest BCUT2D eigenvalue weighted by molar-refractivity contribution is -0.158. The number of hydrogen-bond donors (Lipinski definition) is 0. The summed E-state index contributed by atoms with van der Waals surface area (Å²) in [5.41, 5.74) is 2.26. The molecule has 7 heteroatoms. The Morgan fingerprint density at radius 2 is 1.64 bits per heavy atom. The third-order valence-corrected chi connectivity index (χ3v) is 5.51. The minimum Gasteiger partial charge on any atom is -0.476 e. The second kappa shape index (κ2) is 10.5. The lowest BCUT2D eigenvalue weighted by Gasteiger charge is -2.24. The van der Waals surface area contributed by atoms with Crippen molar-refractivity contribution in [2.24, 2.45) is 7.05 Å². The van der Waals surface area contributed by atoms with Crippen molar-refractivity contribution >= 4 is 5.97 Å². The molecule has 0 bridgehead atoms. The second-order valence-corrected chi connectivity index (χ2v) is 8.73. The zero-order chi connectivity index (χ0) is 24.0. The molecule has 2 aromatic carbocycles. The lowest BCUT2D eigenvalue weighted by Crippen LogP contribution is -2.39. The molecule has 0 amide bonds. The largest absolute Gasteiger partial charge is 0.476 e. The summed E-state index contributed by atoms with van der Waals surface area (Å²) >= 11 is 0. The van der Waals surface area contributed by atoms with Crippen molar-refractivity contribution in [3.63, 3.8) is 0 Å². The number of carbonyl (C=O) groups is 1. The molecule has 0 saturated heterocycles. The maximum Gasteiger partial charge on any atom is 0.349 e. The number of nitrogens with zero attached hydrogens (tertiary/aromatic N) is 3. The number of ether oxygens (including phenoxy) is 2. The summed E-state index contributed by atoms with van der Waals surface area (Å²) in [6.45, 7) is 7.99. The second-order valence-electron chi connectivity index (χ2n) is 8.73. The number of hydrogen-bond acceptors (Lipinski definition) is 5. The Hall–Kier alpha value is -3.35. The fourth-order valence-electron chi connectivity index (χ4n) is 3.54. The maximum atomic E-state index is 12.6. The summed E-state index contributed by atoms with van der Waals surface area (Å²) < 4.78 is 14.0. The molecule has 0 unspecified atom stereocenters. The van der Waals surface area contributed by atoms with Gasteiger partial charge in [-0.15, -0.1) is 0 Å². The van der Waals surface area contributed by atoms with E-state index in [0.717, 1.165) is 29.8 Å². The third kappa shape index (κ3) is 6.34. The van der Waals surface area contributed by atoms with Crippen LogP contribution in [-0.4, -0.2) is 32.5 Å². The molecular weight excluding hydrogens is 418 g/mol. The van der Waals surface area contributed by atoms with Crippen molar-refractivity contribution in [2.75, 3.05) is 6.61 Å². The van der Waals surface area contributed by atoms with E-state index in [2.05, 4.69) is 5.10 Å². The van der Waals surface area contributed by atoms with Gasteiger partial charge in [-0.05, 0) is 63.8 Å². The number of rotatable bonds is 10. The summed E-state index contributed by atoms with van der Waals surface area (Å²) in [4.78, 5) is 24.6. The van der Waals surface area contributed by atoms with Crippen molar-refractivity contribution in [2.45, 2.75) is 59.1 Å². The van der Waals surface area contributed by atoms with Gasteiger partial charge in [0.2, 0.25) is 0 Å². The summed E-state index contributed by atoms with van der Waals surface area (Å²) in [6.07, 6.45) is 2.42. The number of benzene rings is 2. The van der Waals surface area contributed by atoms with Crippen LogP contribution in [0.4, 0.5) is 0 Å². The number of aryl methyl sites for hydroxylation is 3. The predicted octanol–water partition coefficient (Wildman–Crippen LogP) is 3.83. The first-order valence-electron chi connectivity index (χ1n) is 11.3. The number of aromatic nitrogens is 3. The van der Waals surface area contributed by atoms with Gasteiger partial charge in [-0.1, -0.05) is 42.0 Å². The van der Waals surface area contributed by atoms with E-state index in [0.29, 0.717) is 25.3 Å². The molecule has 0 aliphatic rings. The number of carbonyl (C=O) groups excluding carboxylic acids is 1. The molecule has 0 fully saturated rings. The normalized spacial score (nSPS) is 11.4. The van der Waals surface area contributed by atoms with E-state index in [4.69, 9.17) is 9.47 Å². The molecule has 0 N–H and O–H groups in total. The molecule has 0 atom stereocenters. The zero-order valence-electron chi connectivity index (χ0n) is 20.1. The Bertz CT molecular complexity index is 1130. The smallest absolute Gasteiger partial charge is 0.349 e. The minimum atomic E-state index is -1.04. The van der Waals surface area contributed by atoms with Crippen molar-refractivity contribution in [1.82, 2.24) is 14.3 Å². The van der Waals surface area contributed by atoms with Crippen LogP contribution in [0.3, 0.4) is 0 Å². The van der Waals surface area contributed by atoms with E-state index >= 15 is 0 Å². The average Bonchev–Trinajstić information content (AvgIpc) is 3.04. The molecule has 0 saturated carbocycles. The van der Waals surface area contributed by atoms with E-state index in [1.807, 2.05) is 55.5 Å². The van der Waals surface area contributed by atoms with E-state index in [-0.39, 0.29) is 11.7 Å². The Kier molecular flexibility index (Phi) is 7.74. The Morgan fingerprint density at radius 1 is 1.00 bits per heavy atom. The maximum absolute atomic E-state index is 12.6. The van der Waals surface area contributed by atoms with Crippen LogP contribution in [0.2, 0.25) is 0 Å². The van der Waals surface area contributed by atoms with Crippen LogP contribution in [0.1, 0.15) is 49.7 Å². The molecule has 0 aliphatic heterocycles. The van der Waals surface area contributed by atoms with Gasteiger partial charge < -0.3 is 9.47 Å². The van der Waals surface area contributed by atoms with E-state index in [9.17, 15) is 9.59 Å². The Labute approximate surface area is 195 Å². The van der Waals surface area contributed by atoms with Gasteiger partial charge in [0.05, 0.1) is 13.2 Å². The third-order valence-electron chi connectivity index (χ3n) is 5.51. The van der Waals surface area contributed by atoms with Gasteiger partial charge in [0, 0.05) is 13.5 Å². The van der Waals surface area contributed by atoms with Crippen LogP contribution in [0.15, 0.2) is 53.3 Å². The van der Waals surface area contributed by atoms with Crippen molar-refractivity contribution < 1.29 is 14.3 Å². The standard InChI is InChI=1S/C26H33N3O4/c1-6-32-24(30)26(3,4)33-22-16-14-20(15-17-22)8-7-9-23-27-29(25(31)28(23)5)18-21-12-10-19(2)11-13-21/h10-17H,6-9,18H2,1-5H3. The lowest BCUT2D eigenvalue weighted by atomic mass is 10.1. The van der Waals surface area contributed by atoms with Gasteiger partial charge in [0.15, 0.2) is 5.60 Å². The number of esters is 1. The summed E-state index contributed by atoms with van der Waals surface area (Å²) in [5.74, 6) is 1.01. The topological polar surface area (TPSA) is 75.3 Å². The first-order valence-corrected chi connectivity index (χ1v) is 11.3. The first-order chi connectivity index (χ1) is 15.7. The van der Waals surface area contributed by atoms with E-state index in [1.165, 1.54) is 10.2 Å². The SMILES string of the molecule is CCOC(=O)C(C)(C)Oc1ccc(CCCc2nn(Cc3ccc(C)cc3)c(=O)n2C)cc1. The van der Waals surface area contributed by atoms with Crippen LogP contribution >= 0.6 is 0 Å². The Balaban J connectivity index is 1.55. The predicted molar refractivity (Wildman–Crippen MR) is 128 cm³/mol. The first kappa shape index (κ1) is 24.3. The van der Waals surface area contributed by atoms with Gasteiger partial charge in [0.1, 0.15) is 11.6 Å². The molecule has 3 rings (SSSR count). The van der Waals surface area contributed by atoms with Gasteiger partial charge in [0.25, 0.3) is 0 Å². The summed E-state index contributed by atoms with van der Waals surface area (Å²) in [6, 6.07) is 15.8. The van der Waals surface area contributed by atoms with Gasteiger partial charge >= 0.3 is 11.7 Å². The Morgan fingerprint density at radius 3 is 2.27 bits per heavy atom. The molecule has 33 heavy (non-hydrogen) atoms. The van der Waals surface area contributed by atoms with Crippen LogP contribution < -0.4 is 10.4 Å². The molecule has 0 aliphatic carbocycles. The highest BCUT2D eigenvalue weighted by atomic mass is 16.6. The molecule has 1 heterocycles. The zero-order valence-corrected chi connectivity index (χ0v) is 20.1. The van der Waals surface area contributed by atoms with E-state index < -0.39 is 5.60 Å². The molecule has 3 aromatic rings. The van der Waals surface area contributed by atoms with Gasteiger partial charge in [-0.3, -0.25) is 4.57 Å². The van der Waals surface area contributed by atoms with Gasteiger partial charge in [-0.25, -0.2) is 14.3 Å². The van der Waals surface area contributed by atoms with Crippen molar-refractivity contribution in [3.05, 3.63) is 81.5 Å². The molecule has 1 aromatic heterocycles. The minimum absolute atomic E-state index is 0.101. The van der Waals surface area contributed by atoms with Crippen LogP contribution in [-0.2, 0) is 36.0 Å². The molecule has 0 radical (unpaired) electrons. The summed E-state index contributed by atoms with van der Waals surface area (Å²) in [5, 5.41) is 4.55. The highest BCUT2D eigenvalue weighted by Crippen LogP contribution is 2.21. The van der Waals surface area contributed by atoms with Crippen LogP contribution in [0, 0.1) is 6.92 Å². The average molecular weight is 452 g/mol. The van der Waals surface area contributed by atoms with E-state index in [1.54, 1.807) is 32.4 Å². The van der Waals surface area contributed by atoms with Crippen molar-refractivity contribution in [3.8, 4) is 5.75 Å².